The van der Waals surface area contributed by atoms with Crippen LogP contribution in [0, 0.1) is 5.41 Å². The molecule has 0 amide bonds. The van der Waals surface area contributed by atoms with Crippen LogP contribution in [0.4, 0.5) is 0 Å². The predicted octanol–water partition coefficient (Wildman–Crippen LogP) is 3.27. The van der Waals surface area contributed by atoms with Gasteiger partial charge < -0.3 is 19.5 Å². The average molecular weight is 292 g/mol. The fraction of sp³-hybridized carbons (Fsp3) is 0.467. The van der Waals surface area contributed by atoms with E-state index in [1.54, 1.807) is 0 Å². The summed E-state index contributed by atoms with van der Waals surface area (Å²) in [5.74, 6) is 0.222. The molecular formula is C15H20N2O4. The molecule has 0 aliphatic carbocycles. The molecule has 0 fully saturated rings. The minimum atomic E-state index is -0.340. The lowest BCUT2D eigenvalue weighted by molar-refractivity contribution is -0.0203. The molecule has 2 aromatic rings. The Balaban J connectivity index is 2.41. The van der Waals surface area contributed by atoms with Crippen molar-refractivity contribution in [1.82, 2.24) is 10.1 Å². The van der Waals surface area contributed by atoms with Gasteiger partial charge in [0.1, 0.15) is 23.2 Å². The largest absolute Gasteiger partial charge is 0.507 e. The van der Waals surface area contributed by atoms with E-state index in [9.17, 15) is 10.2 Å². The third-order valence-corrected chi connectivity index (χ3v) is 3.03. The minimum absolute atomic E-state index is 0.0644. The average Bonchev–Trinajstić information content (AvgIpc) is 2.83. The van der Waals surface area contributed by atoms with Gasteiger partial charge in [0, 0.05) is 6.61 Å². The predicted molar refractivity (Wildman–Crippen MR) is 76.9 cm³/mol. The van der Waals surface area contributed by atoms with Crippen molar-refractivity contribution in [3.8, 4) is 23.0 Å². The van der Waals surface area contributed by atoms with E-state index in [4.69, 9.17) is 9.26 Å². The second-order valence-electron chi connectivity index (χ2n) is 5.83. The number of benzene rings is 1. The van der Waals surface area contributed by atoms with Crippen molar-refractivity contribution in [2.75, 3.05) is 6.61 Å². The molecule has 1 heterocycles. The summed E-state index contributed by atoms with van der Waals surface area (Å²) in [6, 6.07) is 4.43. The third-order valence-electron chi connectivity index (χ3n) is 3.03. The second-order valence-corrected chi connectivity index (χ2v) is 5.83. The molecule has 2 N–H and O–H groups in total. The first kappa shape index (κ1) is 15.3. The summed E-state index contributed by atoms with van der Waals surface area (Å²) in [6.45, 7) is 8.46. The number of rotatable bonds is 4. The number of nitrogens with zero attached hydrogens (tertiary/aromatic N) is 2. The van der Waals surface area contributed by atoms with Gasteiger partial charge in [-0.3, -0.25) is 0 Å². The Bertz CT molecular complexity index is 596. The van der Waals surface area contributed by atoms with Crippen LogP contribution in [0.2, 0.25) is 0 Å². The molecule has 1 aromatic heterocycles. The number of aromatic hydroxyl groups is 2. The number of hydrogen-bond donors (Lipinski definition) is 2. The highest BCUT2D eigenvalue weighted by atomic mass is 16.5. The standard InChI is InChI=1S/C15H20N2O4/c1-5-20-12(15(2,3)4)13-16-14(21-17-13)11-9(18)7-6-8-10(11)19/h6-8,12,18-19H,5H2,1-4H3. The Morgan fingerprint density at radius 3 is 2.38 bits per heavy atom. The Labute approximate surface area is 123 Å². The van der Waals surface area contributed by atoms with Gasteiger partial charge in [-0.1, -0.05) is 32.0 Å². The van der Waals surface area contributed by atoms with E-state index in [1.165, 1.54) is 18.2 Å². The number of aromatic nitrogens is 2. The minimum Gasteiger partial charge on any atom is -0.507 e. The summed E-state index contributed by atoms with van der Waals surface area (Å²) in [6.07, 6.45) is -0.340. The zero-order valence-corrected chi connectivity index (χ0v) is 12.6. The van der Waals surface area contributed by atoms with E-state index >= 15 is 0 Å². The van der Waals surface area contributed by atoms with E-state index in [0.717, 1.165) is 0 Å². The highest BCUT2D eigenvalue weighted by Crippen LogP contribution is 2.39. The maximum absolute atomic E-state index is 9.84. The van der Waals surface area contributed by atoms with Crippen LogP contribution in [0.1, 0.15) is 39.6 Å². The zero-order valence-electron chi connectivity index (χ0n) is 12.6. The maximum Gasteiger partial charge on any atom is 0.265 e. The van der Waals surface area contributed by atoms with Gasteiger partial charge in [0.2, 0.25) is 5.82 Å². The molecule has 6 heteroatoms. The molecule has 0 aliphatic heterocycles. The summed E-state index contributed by atoms with van der Waals surface area (Å²) in [7, 11) is 0. The molecule has 0 radical (unpaired) electrons. The summed E-state index contributed by atoms with van der Waals surface area (Å²) in [5, 5.41) is 23.6. The van der Waals surface area contributed by atoms with E-state index in [1.807, 2.05) is 27.7 Å². The first-order valence-electron chi connectivity index (χ1n) is 6.81. The zero-order chi connectivity index (χ0) is 15.6. The molecule has 0 aliphatic rings. The maximum atomic E-state index is 9.84. The molecule has 1 atom stereocenters. The fourth-order valence-corrected chi connectivity index (χ4v) is 2.07. The lowest BCUT2D eigenvalue weighted by Crippen LogP contribution is -2.22. The monoisotopic (exact) mass is 292 g/mol. The van der Waals surface area contributed by atoms with Crippen LogP contribution >= 0.6 is 0 Å². The Morgan fingerprint density at radius 2 is 1.86 bits per heavy atom. The van der Waals surface area contributed by atoms with Gasteiger partial charge in [0.05, 0.1) is 0 Å². The first-order chi connectivity index (χ1) is 9.84. The molecule has 1 unspecified atom stereocenters. The van der Waals surface area contributed by atoms with Gasteiger partial charge in [-0.15, -0.1) is 0 Å². The van der Waals surface area contributed by atoms with Crippen molar-refractivity contribution in [3.63, 3.8) is 0 Å². The molecule has 6 nitrogen and oxygen atoms in total. The normalized spacial score (nSPS) is 13.3. The van der Waals surface area contributed by atoms with Gasteiger partial charge in [0.15, 0.2) is 0 Å². The van der Waals surface area contributed by atoms with Gasteiger partial charge >= 0.3 is 0 Å². The van der Waals surface area contributed by atoms with Crippen LogP contribution in [-0.4, -0.2) is 27.0 Å². The molecule has 2 rings (SSSR count). The van der Waals surface area contributed by atoms with Crippen LogP contribution in [0.25, 0.3) is 11.5 Å². The molecule has 0 saturated carbocycles. The third kappa shape index (κ3) is 3.16. The molecule has 0 spiro atoms. The summed E-state index contributed by atoms with van der Waals surface area (Å²) in [5.41, 5.74) is -0.0850. The lowest BCUT2D eigenvalue weighted by atomic mass is 9.88. The van der Waals surface area contributed by atoms with Crippen molar-refractivity contribution in [3.05, 3.63) is 24.0 Å². The first-order valence-corrected chi connectivity index (χ1v) is 6.81. The number of phenolic OH excluding ortho intramolecular Hbond substituents is 2. The van der Waals surface area contributed by atoms with Gasteiger partial charge in [-0.05, 0) is 24.5 Å². The van der Waals surface area contributed by atoms with Crippen molar-refractivity contribution >= 4 is 0 Å². The molecule has 0 bridgehead atoms. The van der Waals surface area contributed by atoms with E-state index in [0.29, 0.717) is 12.4 Å². The van der Waals surface area contributed by atoms with Gasteiger partial charge in [-0.2, -0.15) is 4.98 Å². The number of ether oxygens (including phenoxy) is 1. The van der Waals surface area contributed by atoms with Gasteiger partial charge in [0.25, 0.3) is 5.89 Å². The Morgan fingerprint density at radius 1 is 1.24 bits per heavy atom. The Kier molecular flexibility index (Phi) is 4.18. The van der Waals surface area contributed by atoms with Crippen LogP contribution in [0.3, 0.4) is 0 Å². The Hall–Kier alpha value is -2.08. The molecule has 21 heavy (non-hydrogen) atoms. The highest BCUT2D eigenvalue weighted by Gasteiger charge is 2.32. The molecule has 1 aromatic carbocycles. The number of phenols is 2. The summed E-state index contributed by atoms with van der Waals surface area (Å²) in [4.78, 5) is 4.26. The smallest absolute Gasteiger partial charge is 0.265 e. The highest BCUT2D eigenvalue weighted by molar-refractivity contribution is 5.69. The summed E-state index contributed by atoms with van der Waals surface area (Å²) >= 11 is 0. The van der Waals surface area contributed by atoms with Crippen molar-refractivity contribution in [2.45, 2.75) is 33.8 Å². The summed E-state index contributed by atoms with van der Waals surface area (Å²) < 4.78 is 10.9. The molecule has 0 saturated heterocycles. The van der Waals surface area contributed by atoms with Crippen LogP contribution < -0.4 is 0 Å². The van der Waals surface area contributed by atoms with Crippen molar-refractivity contribution in [2.24, 2.45) is 5.41 Å². The quantitative estimate of drug-likeness (QED) is 0.899. The van der Waals surface area contributed by atoms with Crippen LogP contribution in [0.15, 0.2) is 22.7 Å². The van der Waals surface area contributed by atoms with E-state index < -0.39 is 0 Å². The van der Waals surface area contributed by atoms with Gasteiger partial charge in [-0.25, -0.2) is 0 Å². The van der Waals surface area contributed by atoms with Crippen LogP contribution in [-0.2, 0) is 4.74 Å². The SMILES string of the molecule is CCOC(c1noc(-c2c(O)cccc2O)n1)C(C)(C)C. The van der Waals surface area contributed by atoms with Crippen molar-refractivity contribution < 1.29 is 19.5 Å². The number of hydrogen-bond acceptors (Lipinski definition) is 6. The second kappa shape index (κ2) is 5.73. The van der Waals surface area contributed by atoms with E-state index in [2.05, 4.69) is 10.1 Å². The fourth-order valence-electron chi connectivity index (χ4n) is 2.07. The molecule has 114 valence electrons. The topological polar surface area (TPSA) is 88.6 Å². The van der Waals surface area contributed by atoms with Crippen LogP contribution in [0.5, 0.6) is 11.5 Å². The lowest BCUT2D eigenvalue weighted by Gasteiger charge is -2.27. The van der Waals surface area contributed by atoms with E-state index in [-0.39, 0.29) is 34.5 Å². The molecular weight excluding hydrogens is 272 g/mol. The van der Waals surface area contributed by atoms with Crippen molar-refractivity contribution in [1.29, 1.82) is 0 Å².